The zero-order chi connectivity index (χ0) is 48.2. The van der Waals surface area contributed by atoms with Gasteiger partial charge >= 0.3 is 6.09 Å². The minimum Gasteiger partial charge on any atom is -0.508 e. The summed E-state index contributed by atoms with van der Waals surface area (Å²) in [7, 11) is 1.97. The largest absolute Gasteiger partial charge is 0.508 e. The number of benzene rings is 1. The highest BCUT2D eigenvalue weighted by atomic mass is 32.1. The number of fused-ring (bicyclic) bond motifs is 1. The molecule has 0 bridgehead atoms. The summed E-state index contributed by atoms with van der Waals surface area (Å²) in [5.74, 6) is -2.07. The van der Waals surface area contributed by atoms with Gasteiger partial charge in [-0.3, -0.25) is 29.5 Å². The van der Waals surface area contributed by atoms with E-state index >= 15 is 0 Å². The molecule has 0 saturated carbocycles. The second kappa shape index (κ2) is 28.1. The molecule has 1 saturated heterocycles. The molecular formula is C47H76N8O10S. The van der Waals surface area contributed by atoms with Gasteiger partial charge in [-0.2, -0.15) is 0 Å². The smallest absolute Gasteiger partial charge is 0.426 e. The number of nitrogens with zero attached hydrogens (tertiary/aromatic N) is 3. The molecule has 66 heavy (non-hydrogen) atoms. The van der Waals surface area contributed by atoms with Crippen molar-refractivity contribution >= 4 is 41.1 Å². The zero-order valence-corrected chi connectivity index (χ0v) is 40.9. The van der Waals surface area contributed by atoms with Gasteiger partial charge in [0.15, 0.2) is 0 Å². The number of hydrogen-bond acceptors (Lipinski definition) is 14. The number of aromatic nitrogens is 1. The molecule has 2 heterocycles. The van der Waals surface area contributed by atoms with Crippen molar-refractivity contribution < 1.29 is 48.0 Å². The van der Waals surface area contributed by atoms with Crippen LogP contribution in [0.5, 0.6) is 5.75 Å². The van der Waals surface area contributed by atoms with E-state index in [1.165, 1.54) is 23.5 Å². The second-order valence-electron chi connectivity index (χ2n) is 17.7. The average molecular weight is 945 g/mol. The fraction of sp³-hybridized carbons (Fsp3) is 0.702. The van der Waals surface area contributed by atoms with Gasteiger partial charge in [0.05, 0.1) is 38.4 Å². The van der Waals surface area contributed by atoms with Crippen LogP contribution in [0.1, 0.15) is 132 Å². The SMILES string of the molecule is CCCOC(CC(C(C)C)N(CCC)C(=O)C(NC(=O)C1CCCCN1C)C(C)CC)c1nc(C(=O)NC2Cc3ccc(O)cc3C(C(=O)NNC(=O)OCCOCCOCCN)C2)cs1. The lowest BCUT2D eigenvalue weighted by Gasteiger charge is -2.40. The summed E-state index contributed by atoms with van der Waals surface area (Å²) in [4.78, 5) is 77.0. The van der Waals surface area contributed by atoms with Crippen molar-refractivity contribution in [1.82, 2.24) is 36.3 Å². The number of aromatic hydroxyl groups is 1. The van der Waals surface area contributed by atoms with E-state index in [9.17, 15) is 29.1 Å². The van der Waals surface area contributed by atoms with Crippen molar-refractivity contribution in [2.24, 2.45) is 17.6 Å². The van der Waals surface area contributed by atoms with Gasteiger partial charge in [-0.25, -0.2) is 15.2 Å². The van der Waals surface area contributed by atoms with E-state index < -0.39 is 42.0 Å². The Morgan fingerprint density at radius 3 is 2.39 bits per heavy atom. The van der Waals surface area contributed by atoms with Gasteiger partial charge < -0.3 is 45.3 Å². The van der Waals surface area contributed by atoms with Crippen LogP contribution in [0, 0.1) is 11.8 Å². The lowest BCUT2D eigenvalue weighted by atomic mass is 9.79. The molecule has 0 radical (unpaired) electrons. The third kappa shape index (κ3) is 16.1. The average Bonchev–Trinajstić information content (AvgIpc) is 3.80. The van der Waals surface area contributed by atoms with E-state index in [1.807, 2.05) is 39.6 Å². The highest BCUT2D eigenvalue weighted by Crippen LogP contribution is 2.35. The summed E-state index contributed by atoms with van der Waals surface area (Å²) in [5, 5.41) is 18.9. The van der Waals surface area contributed by atoms with E-state index in [2.05, 4.69) is 40.2 Å². The summed E-state index contributed by atoms with van der Waals surface area (Å²) in [6.07, 6.45) is 4.61. The minimum absolute atomic E-state index is 0.0173. The molecule has 0 spiro atoms. The number of amides is 5. The predicted molar refractivity (Wildman–Crippen MR) is 252 cm³/mol. The van der Waals surface area contributed by atoms with Gasteiger partial charge in [-0.1, -0.05) is 60.5 Å². The zero-order valence-electron chi connectivity index (χ0n) is 40.1. The van der Waals surface area contributed by atoms with Crippen LogP contribution in [0.25, 0.3) is 0 Å². The number of nitrogens with two attached hydrogens (primary N) is 1. The van der Waals surface area contributed by atoms with Gasteiger partial charge in [0, 0.05) is 43.6 Å². The van der Waals surface area contributed by atoms with E-state index in [1.54, 1.807) is 11.4 Å². The highest BCUT2D eigenvalue weighted by Gasteiger charge is 2.39. The van der Waals surface area contributed by atoms with Crippen LogP contribution in [-0.4, -0.2) is 140 Å². The highest BCUT2D eigenvalue weighted by molar-refractivity contribution is 7.09. The number of piperidine rings is 1. The van der Waals surface area contributed by atoms with Crippen LogP contribution < -0.4 is 27.2 Å². The summed E-state index contributed by atoms with van der Waals surface area (Å²) >= 11 is 1.32. The van der Waals surface area contributed by atoms with E-state index in [0.29, 0.717) is 62.9 Å². The Morgan fingerprint density at radius 2 is 1.71 bits per heavy atom. The Labute approximate surface area is 394 Å². The third-order valence-electron chi connectivity index (χ3n) is 12.3. The van der Waals surface area contributed by atoms with Gasteiger partial charge in [-0.15, -0.1) is 11.3 Å². The number of carbonyl (C=O) groups excluding carboxylic acids is 5. The summed E-state index contributed by atoms with van der Waals surface area (Å²) in [6.45, 7) is 15.7. The van der Waals surface area contributed by atoms with Gasteiger partial charge in [-0.05, 0) is 87.2 Å². The number of likely N-dealkylation sites (tertiary alicyclic amines) is 1. The molecular weight excluding hydrogens is 869 g/mol. The lowest BCUT2D eigenvalue weighted by molar-refractivity contribution is -0.143. The molecule has 18 nitrogen and oxygen atoms in total. The second-order valence-corrected chi connectivity index (χ2v) is 18.6. The van der Waals surface area contributed by atoms with Crippen molar-refractivity contribution in [2.75, 3.05) is 66.3 Å². The van der Waals surface area contributed by atoms with Gasteiger partial charge in [0.25, 0.3) is 5.91 Å². The normalized spacial score (nSPS) is 19.2. The molecule has 370 valence electrons. The number of phenolic OH excluding ortho intramolecular Hbond substituents is 1. The van der Waals surface area contributed by atoms with Crippen molar-refractivity contribution in [3.05, 3.63) is 45.4 Å². The van der Waals surface area contributed by atoms with Crippen LogP contribution in [0.15, 0.2) is 23.6 Å². The molecule has 2 aromatic rings. The van der Waals surface area contributed by atoms with Crippen LogP contribution >= 0.6 is 11.3 Å². The van der Waals surface area contributed by atoms with Crippen molar-refractivity contribution in [3.8, 4) is 5.75 Å². The molecule has 7 N–H and O–H groups in total. The van der Waals surface area contributed by atoms with Crippen molar-refractivity contribution in [2.45, 2.75) is 136 Å². The fourth-order valence-electron chi connectivity index (χ4n) is 8.52. The number of hydrazine groups is 1. The van der Waals surface area contributed by atoms with Crippen LogP contribution in [-0.2, 0) is 39.8 Å². The van der Waals surface area contributed by atoms with Crippen molar-refractivity contribution in [1.29, 1.82) is 0 Å². The molecule has 1 aliphatic heterocycles. The molecule has 19 heteroatoms. The molecule has 1 aliphatic carbocycles. The first-order valence-corrected chi connectivity index (χ1v) is 24.7. The predicted octanol–water partition coefficient (Wildman–Crippen LogP) is 4.56. The first-order chi connectivity index (χ1) is 31.7. The molecule has 1 aromatic carbocycles. The van der Waals surface area contributed by atoms with E-state index in [0.717, 1.165) is 50.6 Å². The first-order valence-electron chi connectivity index (χ1n) is 23.8. The Kier molecular flexibility index (Phi) is 23.0. The molecule has 1 aromatic heterocycles. The number of ether oxygens (including phenoxy) is 4. The summed E-state index contributed by atoms with van der Waals surface area (Å²) in [5.41, 5.74) is 11.6. The van der Waals surface area contributed by atoms with Gasteiger partial charge in [0.1, 0.15) is 35.2 Å². The summed E-state index contributed by atoms with van der Waals surface area (Å²) in [6, 6.07) is 3.08. The Bertz CT molecular complexity index is 1850. The van der Waals surface area contributed by atoms with E-state index in [4.69, 9.17) is 29.7 Å². The molecule has 7 atom stereocenters. The maximum Gasteiger partial charge on any atom is 0.426 e. The monoisotopic (exact) mass is 945 g/mol. The molecule has 2 aliphatic rings. The molecule has 4 rings (SSSR count). The van der Waals surface area contributed by atoms with Crippen LogP contribution in [0.3, 0.4) is 0 Å². The number of rotatable bonds is 26. The number of thiazole rings is 1. The number of hydrogen-bond donors (Lipinski definition) is 6. The Hall–Kier alpha value is -4.40. The number of nitrogens with one attached hydrogen (secondary N) is 4. The minimum atomic E-state index is -0.880. The maximum absolute atomic E-state index is 14.7. The third-order valence-corrected chi connectivity index (χ3v) is 13.2. The number of carbonyl (C=O) groups is 5. The molecule has 1 fully saturated rings. The first kappa shape index (κ1) is 54.2. The fourth-order valence-corrected chi connectivity index (χ4v) is 9.38. The van der Waals surface area contributed by atoms with E-state index in [-0.39, 0.29) is 66.8 Å². The standard InChI is InChI=1S/C47H76N8O10S/c1-8-17-55(46(60)41(31(6)10-3)51-44(59)38-13-11-12-18-54(38)7)39(30(4)5)28-40(64-19-9-2)45-50-37(29-66-45)43(58)49-33-25-32-14-15-34(56)27-35(32)36(26-33)42(57)52-53-47(61)65-24-23-63-22-21-62-20-16-48/h14-15,27,29-31,33,36,38-41,56H,8-13,16-26,28,48H2,1-7H3,(H,49,58)(H,51,59)(H,52,57)(H,53,61). The quantitative estimate of drug-likeness (QED) is 0.0561. The summed E-state index contributed by atoms with van der Waals surface area (Å²) < 4.78 is 22.1. The number of phenols is 1. The van der Waals surface area contributed by atoms with Crippen LogP contribution in [0.4, 0.5) is 4.79 Å². The van der Waals surface area contributed by atoms with Gasteiger partial charge in [0.2, 0.25) is 17.7 Å². The van der Waals surface area contributed by atoms with Crippen molar-refractivity contribution in [3.63, 3.8) is 0 Å². The lowest BCUT2D eigenvalue weighted by Crippen LogP contribution is -2.58. The maximum atomic E-state index is 14.7. The molecule has 5 amide bonds. The number of likely N-dealkylation sites (N-methyl/N-ethyl adjacent to an activating group) is 1. The topological polar surface area (TPSA) is 236 Å². The Balaban J connectivity index is 1.45. The van der Waals surface area contributed by atoms with Crippen LogP contribution in [0.2, 0.25) is 0 Å². The Morgan fingerprint density at radius 1 is 0.970 bits per heavy atom. The molecule has 7 unspecified atom stereocenters.